The highest BCUT2D eigenvalue weighted by atomic mass is 19.1. The normalized spacial score (nSPS) is 11.0. The quantitative estimate of drug-likeness (QED) is 0.741. The molecule has 2 aromatic carbocycles. The monoisotopic (exact) mass is 292 g/mol. The molecule has 0 bridgehead atoms. The number of carbonyl (C=O) groups is 1. The van der Waals surface area contributed by atoms with Gasteiger partial charge in [0.2, 0.25) is 5.91 Å². The number of carbonyl (C=O) groups excluding carboxylic acids is 1. The molecular weight excluding hydrogens is 279 g/mol. The van der Waals surface area contributed by atoms with Gasteiger partial charge in [0.1, 0.15) is 5.82 Å². The standard InChI is InChI=1S/C18H13FN2O/c19-16-7-3-1-5-13(16)9-10-18(22)21-15-11-14-6-2-4-8-17(14)20-12-15/h1-12H,(H,21,22)/b10-9+. The first-order valence-electron chi connectivity index (χ1n) is 6.81. The van der Waals surface area contributed by atoms with Gasteiger partial charge >= 0.3 is 0 Å². The van der Waals surface area contributed by atoms with E-state index in [1.807, 2.05) is 30.3 Å². The number of pyridine rings is 1. The molecule has 0 spiro atoms. The Labute approximate surface area is 127 Å². The minimum absolute atomic E-state index is 0.333. The van der Waals surface area contributed by atoms with E-state index >= 15 is 0 Å². The molecule has 3 nitrogen and oxygen atoms in total. The van der Waals surface area contributed by atoms with E-state index in [0.29, 0.717) is 11.3 Å². The van der Waals surface area contributed by atoms with Crippen molar-refractivity contribution in [3.8, 4) is 0 Å². The topological polar surface area (TPSA) is 42.0 Å². The Hall–Kier alpha value is -3.01. The minimum atomic E-state index is -0.362. The molecule has 0 unspecified atom stereocenters. The Bertz CT molecular complexity index is 858. The van der Waals surface area contributed by atoms with E-state index in [2.05, 4.69) is 10.3 Å². The molecule has 0 atom stereocenters. The molecular formula is C18H13FN2O. The van der Waals surface area contributed by atoms with Crippen LogP contribution in [0.4, 0.5) is 10.1 Å². The summed E-state index contributed by atoms with van der Waals surface area (Å²) >= 11 is 0. The fourth-order valence-corrected chi connectivity index (χ4v) is 2.10. The maximum absolute atomic E-state index is 13.4. The summed E-state index contributed by atoms with van der Waals surface area (Å²) in [6.45, 7) is 0. The molecule has 0 aliphatic rings. The summed E-state index contributed by atoms with van der Waals surface area (Å²) in [5.74, 6) is -0.695. The molecule has 0 saturated carbocycles. The van der Waals surface area contributed by atoms with E-state index in [9.17, 15) is 9.18 Å². The van der Waals surface area contributed by atoms with Crippen molar-refractivity contribution in [1.29, 1.82) is 0 Å². The molecule has 1 amide bonds. The number of aromatic nitrogens is 1. The summed E-state index contributed by atoms with van der Waals surface area (Å²) in [6.07, 6.45) is 4.34. The maximum Gasteiger partial charge on any atom is 0.248 e. The number of anilines is 1. The smallest absolute Gasteiger partial charge is 0.248 e. The van der Waals surface area contributed by atoms with E-state index in [0.717, 1.165) is 10.9 Å². The van der Waals surface area contributed by atoms with Gasteiger partial charge in [0.15, 0.2) is 0 Å². The zero-order valence-corrected chi connectivity index (χ0v) is 11.7. The first kappa shape index (κ1) is 13.9. The van der Waals surface area contributed by atoms with E-state index < -0.39 is 0 Å². The predicted molar refractivity (Wildman–Crippen MR) is 85.8 cm³/mol. The van der Waals surface area contributed by atoms with Crippen LogP contribution in [0.2, 0.25) is 0 Å². The third-order valence-electron chi connectivity index (χ3n) is 3.18. The van der Waals surface area contributed by atoms with Gasteiger partial charge in [-0.2, -0.15) is 0 Å². The van der Waals surface area contributed by atoms with Crippen LogP contribution < -0.4 is 5.32 Å². The van der Waals surface area contributed by atoms with Gasteiger partial charge in [0, 0.05) is 17.0 Å². The van der Waals surface area contributed by atoms with Gasteiger partial charge in [-0.15, -0.1) is 0 Å². The van der Waals surface area contributed by atoms with E-state index in [4.69, 9.17) is 0 Å². The van der Waals surface area contributed by atoms with E-state index in [-0.39, 0.29) is 11.7 Å². The van der Waals surface area contributed by atoms with Gasteiger partial charge in [-0.25, -0.2) is 4.39 Å². The Morgan fingerprint density at radius 2 is 1.86 bits per heavy atom. The molecule has 0 fully saturated rings. The maximum atomic E-state index is 13.4. The van der Waals surface area contributed by atoms with Gasteiger partial charge in [0.05, 0.1) is 17.4 Å². The van der Waals surface area contributed by atoms with Gasteiger partial charge < -0.3 is 5.32 Å². The fraction of sp³-hybridized carbons (Fsp3) is 0. The van der Waals surface area contributed by atoms with Crippen LogP contribution in [-0.2, 0) is 4.79 Å². The molecule has 0 aliphatic heterocycles. The number of halogens is 1. The summed E-state index contributed by atoms with van der Waals surface area (Å²) in [5.41, 5.74) is 1.83. The Balaban J connectivity index is 1.74. The lowest BCUT2D eigenvalue weighted by molar-refractivity contribution is -0.111. The third kappa shape index (κ3) is 3.17. The second kappa shape index (κ2) is 6.18. The van der Waals surface area contributed by atoms with Crippen molar-refractivity contribution >= 4 is 28.6 Å². The Morgan fingerprint density at radius 1 is 1.09 bits per heavy atom. The first-order valence-corrected chi connectivity index (χ1v) is 6.81. The molecule has 4 heteroatoms. The second-order valence-electron chi connectivity index (χ2n) is 4.76. The van der Waals surface area contributed by atoms with Crippen molar-refractivity contribution in [2.24, 2.45) is 0 Å². The second-order valence-corrected chi connectivity index (χ2v) is 4.76. The zero-order valence-electron chi connectivity index (χ0n) is 11.7. The van der Waals surface area contributed by atoms with Crippen molar-refractivity contribution in [2.45, 2.75) is 0 Å². The lowest BCUT2D eigenvalue weighted by Gasteiger charge is -2.03. The van der Waals surface area contributed by atoms with Gasteiger partial charge in [-0.1, -0.05) is 36.4 Å². The summed E-state index contributed by atoms with van der Waals surface area (Å²) in [4.78, 5) is 16.2. The molecule has 0 saturated heterocycles. The van der Waals surface area contributed by atoms with Gasteiger partial charge in [-0.05, 0) is 24.3 Å². The number of nitrogens with zero attached hydrogens (tertiary/aromatic N) is 1. The molecule has 0 radical (unpaired) electrons. The Kier molecular flexibility index (Phi) is 3.92. The van der Waals surface area contributed by atoms with Gasteiger partial charge in [-0.3, -0.25) is 9.78 Å². The van der Waals surface area contributed by atoms with Crippen molar-refractivity contribution in [1.82, 2.24) is 4.98 Å². The Morgan fingerprint density at radius 3 is 2.73 bits per heavy atom. The largest absolute Gasteiger partial charge is 0.321 e. The van der Waals surface area contributed by atoms with Crippen LogP contribution in [0.3, 0.4) is 0 Å². The molecule has 108 valence electrons. The average molecular weight is 292 g/mol. The molecule has 22 heavy (non-hydrogen) atoms. The summed E-state index contributed by atoms with van der Waals surface area (Å²) < 4.78 is 13.4. The van der Waals surface area contributed by atoms with Gasteiger partial charge in [0.25, 0.3) is 0 Å². The van der Waals surface area contributed by atoms with Crippen molar-refractivity contribution in [3.05, 3.63) is 78.3 Å². The van der Waals surface area contributed by atoms with Crippen LogP contribution in [0.15, 0.2) is 66.9 Å². The first-order chi connectivity index (χ1) is 10.7. The number of fused-ring (bicyclic) bond motifs is 1. The van der Waals surface area contributed by atoms with Crippen LogP contribution in [0.25, 0.3) is 17.0 Å². The SMILES string of the molecule is O=C(/C=C/c1ccccc1F)Nc1cnc2ccccc2c1. The molecule has 1 N–H and O–H groups in total. The zero-order chi connectivity index (χ0) is 15.4. The molecule has 1 aromatic heterocycles. The average Bonchev–Trinajstić information content (AvgIpc) is 2.54. The van der Waals surface area contributed by atoms with Crippen molar-refractivity contribution in [2.75, 3.05) is 5.32 Å². The minimum Gasteiger partial charge on any atom is -0.321 e. The fourth-order valence-electron chi connectivity index (χ4n) is 2.10. The highest BCUT2D eigenvalue weighted by molar-refractivity contribution is 6.02. The molecule has 3 aromatic rings. The van der Waals surface area contributed by atoms with Crippen LogP contribution in [0, 0.1) is 5.82 Å². The number of hydrogen-bond acceptors (Lipinski definition) is 2. The molecule has 0 aliphatic carbocycles. The highest BCUT2D eigenvalue weighted by Crippen LogP contribution is 2.16. The summed E-state index contributed by atoms with van der Waals surface area (Å²) in [7, 11) is 0. The predicted octanol–water partition coefficient (Wildman–Crippen LogP) is 4.03. The molecule has 3 rings (SSSR count). The third-order valence-corrected chi connectivity index (χ3v) is 3.18. The van der Waals surface area contributed by atoms with Crippen LogP contribution in [0.5, 0.6) is 0 Å². The number of hydrogen-bond donors (Lipinski definition) is 1. The summed E-state index contributed by atoms with van der Waals surface area (Å²) in [6, 6.07) is 15.8. The molecule has 1 heterocycles. The number of nitrogens with one attached hydrogen (secondary N) is 1. The van der Waals surface area contributed by atoms with Crippen molar-refractivity contribution in [3.63, 3.8) is 0 Å². The number of benzene rings is 2. The van der Waals surface area contributed by atoms with Crippen LogP contribution in [0.1, 0.15) is 5.56 Å². The van der Waals surface area contributed by atoms with Crippen molar-refractivity contribution < 1.29 is 9.18 Å². The van der Waals surface area contributed by atoms with E-state index in [1.54, 1.807) is 24.4 Å². The highest BCUT2D eigenvalue weighted by Gasteiger charge is 2.01. The lowest BCUT2D eigenvalue weighted by atomic mass is 10.2. The lowest BCUT2D eigenvalue weighted by Crippen LogP contribution is -2.08. The van der Waals surface area contributed by atoms with E-state index in [1.165, 1.54) is 18.2 Å². The number of para-hydroxylation sites is 1. The number of rotatable bonds is 3. The van der Waals surface area contributed by atoms with Crippen LogP contribution >= 0.6 is 0 Å². The summed E-state index contributed by atoms with van der Waals surface area (Å²) in [5, 5.41) is 3.66. The van der Waals surface area contributed by atoms with Crippen LogP contribution in [-0.4, -0.2) is 10.9 Å². The number of amides is 1.